The molecule has 2 rings (SSSR count). The first kappa shape index (κ1) is 13.2. The summed E-state index contributed by atoms with van der Waals surface area (Å²) in [6.07, 6.45) is 1.52. The van der Waals surface area contributed by atoms with E-state index in [0.29, 0.717) is 22.8 Å². The number of nitrogens with one attached hydrogen (secondary N) is 2. The number of carbonyl (C=O) groups is 1. The average Bonchev–Trinajstić information content (AvgIpc) is 2.40. The number of hydrogen-bond acceptors (Lipinski definition) is 6. The molecule has 19 heavy (non-hydrogen) atoms. The van der Waals surface area contributed by atoms with Crippen LogP contribution in [0.25, 0.3) is 0 Å². The first-order valence-corrected chi connectivity index (χ1v) is 6.06. The number of esters is 1. The molecule has 0 spiro atoms. The maximum absolute atomic E-state index is 11.5. The third kappa shape index (κ3) is 3.59. The van der Waals surface area contributed by atoms with Crippen molar-refractivity contribution in [3.05, 3.63) is 40.8 Å². The van der Waals surface area contributed by atoms with Crippen LogP contribution < -0.4 is 5.32 Å². The number of H-pyrrole nitrogens is 1. The molecule has 2 N–H and O–H groups in total. The van der Waals surface area contributed by atoms with Gasteiger partial charge in [0.25, 0.3) is 0 Å². The van der Waals surface area contributed by atoms with E-state index in [-0.39, 0.29) is 5.97 Å². The van der Waals surface area contributed by atoms with Crippen LogP contribution in [0.15, 0.2) is 30.5 Å². The van der Waals surface area contributed by atoms with Crippen LogP contribution in [0.2, 0.25) is 0 Å². The minimum atomic E-state index is -0.337. The van der Waals surface area contributed by atoms with Crippen LogP contribution in [0, 0.1) is 4.77 Å². The van der Waals surface area contributed by atoms with Crippen molar-refractivity contribution >= 4 is 29.7 Å². The fraction of sp³-hybridized carbons (Fsp3) is 0.167. The minimum absolute atomic E-state index is 0.299. The summed E-state index contributed by atoms with van der Waals surface area (Å²) in [6, 6.07) is 6.87. The van der Waals surface area contributed by atoms with Gasteiger partial charge in [0.1, 0.15) is 0 Å². The lowest BCUT2D eigenvalue weighted by molar-refractivity contribution is 0.0526. The van der Waals surface area contributed by atoms with Crippen molar-refractivity contribution in [2.45, 2.75) is 6.92 Å². The van der Waals surface area contributed by atoms with E-state index < -0.39 is 0 Å². The fourth-order valence-electron chi connectivity index (χ4n) is 1.42. The van der Waals surface area contributed by atoms with Crippen molar-refractivity contribution in [1.82, 2.24) is 15.2 Å². The molecule has 0 aliphatic rings. The summed E-state index contributed by atoms with van der Waals surface area (Å²) in [5.41, 5.74) is 1.28. The van der Waals surface area contributed by atoms with Gasteiger partial charge in [-0.3, -0.25) is 5.10 Å². The average molecular weight is 276 g/mol. The standard InChI is InChI=1S/C12H12N4O2S/c1-2-18-11(17)8-3-5-9(6-4-8)14-10-7-13-16-12(19)15-10/h3-7H,2H2,1H3,(H2,14,15,16,19). The molecule has 1 aromatic heterocycles. The van der Waals surface area contributed by atoms with Crippen molar-refractivity contribution in [3.63, 3.8) is 0 Å². The van der Waals surface area contributed by atoms with Crippen LogP contribution in [0.3, 0.4) is 0 Å². The number of anilines is 2. The number of nitrogens with zero attached hydrogens (tertiary/aromatic N) is 2. The van der Waals surface area contributed by atoms with Crippen LogP contribution in [0.5, 0.6) is 0 Å². The zero-order valence-electron chi connectivity index (χ0n) is 10.2. The largest absolute Gasteiger partial charge is 0.462 e. The molecular formula is C12H12N4O2S. The Morgan fingerprint density at radius 2 is 2.16 bits per heavy atom. The number of rotatable bonds is 4. The van der Waals surface area contributed by atoms with Gasteiger partial charge in [-0.05, 0) is 43.4 Å². The summed E-state index contributed by atoms with van der Waals surface area (Å²) in [7, 11) is 0. The first-order valence-electron chi connectivity index (χ1n) is 5.65. The van der Waals surface area contributed by atoms with Crippen molar-refractivity contribution in [2.75, 3.05) is 11.9 Å². The number of carbonyl (C=O) groups excluding carboxylic acids is 1. The van der Waals surface area contributed by atoms with Crippen LogP contribution in [0.4, 0.5) is 11.5 Å². The fourth-order valence-corrected chi connectivity index (χ4v) is 1.58. The van der Waals surface area contributed by atoms with E-state index >= 15 is 0 Å². The molecule has 1 heterocycles. The Morgan fingerprint density at radius 3 is 2.79 bits per heavy atom. The second kappa shape index (κ2) is 6.05. The highest BCUT2D eigenvalue weighted by Gasteiger charge is 2.05. The lowest BCUT2D eigenvalue weighted by atomic mass is 10.2. The van der Waals surface area contributed by atoms with Gasteiger partial charge in [0.05, 0.1) is 18.4 Å². The maximum atomic E-state index is 11.5. The first-order chi connectivity index (χ1) is 9.19. The number of benzene rings is 1. The third-order valence-corrected chi connectivity index (χ3v) is 2.42. The third-order valence-electron chi connectivity index (χ3n) is 2.24. The van der Waals surface area contributed by atoms with Crippen molar-refractivity contribution in [1.29, 1.82) is 0 Å². The van der Waals surface area contributed by atoms with Gasteiger partial charge in [0, 0.05) is 5.69 Å². The zero-order chi connectivity index (χ0) is 13.7. The summed E-state index contributed by atoms with van der Waals surface area (Å²) in [5, 5.41) is 9.40. The van der Waals surface area contributed by atoms with Crippen LogP contribution in [0.1, 0.15) is 17.3 Å². The van der Waals surface area contributed by atoms with E-state index in [4.69, 9.17) is 17.0 Å². The Bertz CT molecular complexity index is 624. The van der Waals surface area contributed by atoms with Crippen LogP contribution in [-0.2, 0) is 4.74 Å². The SMILES string of the molecule is CCOC(=O)c1ccc(Nc2cn[nH]c(=S)n2)cc1. The molecule has 7 heteroatoms. The Labute approximate surface area is 114 Å². The molecule has 0 atom stereocenters. The monoisotopic (exact) mass is 276 g/mol. The Balaban J connectivity index is 2.11. The lowest BCUT2D eigenvalue weighted by Crippen LogP contribution is -2.04. The van der Waals surface area contributed by atoms with E-state index in [2.05, 4.69) is 20.5 Å². The molecule has 0 radical (unpaired) electrons. The van der Waals surface area contributed by atoms with E-state index in [1.54, 1.807) is 31.2 Å². The predicted octanol–water partition coefficient (Wildman–Crippen LogP) is 2.45. The lowest BCUT2D eigenvalue weighted by Gasteiger charge is -2.06. The second-order valence-corrected chi connectivity index (χ2v) is 3.98. The quantitative estimate of drug-likeness (QED) is 0.659. The number of ether oxygens (including phenoxy) is 1. The van der Waals surface area contributed by atoms with Gasteiger partial charge in [-0.25, -0.2) is 4.79 Å². The number of aromatic nitrogens is 3. The van der Waals surface area contributed by atoms with Crippen LogP contribution >= 0.6 is 12.2 Å². The van der Waals surface area contributed by atoms with Gasteiger partial charge in [-0.15, -0.1) is 0 Å². The minimum Gasteiger partial charge on any atom is -0.462 e. The molecule has 0 amide bonds. The molecule has 0 bridgehead atoms. The van der Waals surface area contributed by atoms with Gasteiger partial charge < -0.3 is 10.1 Å². The molecule has 6 nitrogen and oxygen atoms in total. The molecule has 0 aliphatic carbocycles. The molecule has 0 saturated heterocycles. The molecule has 98 valence electrons. The van der Waals surface area contributed by atoms with Crippen molar-refractivity contribution in [2.24, 2.45) is 0 Å². The van der Waals surface area contributed by atoms with Crippen molar-refractivity contribution in [3.8, 4) is 0 Å². The predicted molar refractivity (Wildman–Crippen MR) is 72.9 cm³/mol. The topological polar surface area (TPSA) is 79.9 Å². The number of aromatic amines is 1. The van der Waals surface area contributed by atoms with Gasteiger partial charge in [-0.1, -0.05) is 0 Å². The molecule has 1 aromatic carbocycles. The van der Waals surface area contributed by atoms with Gasteiger partial charge in [0.15, 0.2) is 5.82 Å². The Morgan fingerprint density at radius 1 is 1.42 bits per heavy atom. The van der Waals surface area contributed by atoms with E-state index in [1.165, 1.54) is 6.20 Å². The molecule has 0 aliphatic heterocycles. The highest BCUT2D eigenvalue weighted by molar-refractivity contribution is 7.71. The smallest absolute Gasteiger partial charge is 0.338 e. The Hall–Kier alpha value is -2.28. The highest BCUT2D eigenvalue weighted by atomic mass is 32.1. The van der Waals surface area contributed by atoms with E-state index in [9.17, 15) is 4.79 Å². The summed E-state index contributed by atoms with van der Waals surface area (Å²) in [6.45, 7) is 2.13. The van der Waals surface area contributed by atoms with Gasteiger partial charge in [0.2, 0.25) is 4.77 Å². The molecule has 0 saturated carbocycles. The summed E-state index contributed by atoms with van der Waals surface area (Å²) in [5.74, 6) is 0.198. The summed E-state index contributed by atoms with van der Waals surface area (Å²) >= 11 is 4.87. The van der Waals surface area contributed by atoms with Crippen molar-refractivity contribution < 1.29 is 9.53 Å². The van der Waals surface area contributed by atoms with Crippen LogP contribution in [-0.4, -0.2) is 27.8 Å². The second-order valence-electron chi connectivity index (χ2n) is 3.60. The zero-order valence-corrected chi connectivity index (χ0v) is 11.0. The van der Waals surface area contributed by atoms with Gasteiger partial charge >= 0.3 is 5.97 Å². The highest BCUT2D eigenvalue weighted by Crippen LogP contribution is 2.14. The molecule has 0 unspecified atom stereocenters. The molecular weight excluding hydrogens is 264 g/mol. The number of hydrogen-bond donors (Lipinski definition) is 2. The van der Waals surface area contributed by atoms with E-state index in [0.717, 1.165) is 5.69 Å². The summed E-state index contributed by atoms with van der Waals surface area (Å²) < 4.78 is 5.20. The molecule has 0 fully saturated rings. The Kier molecular flexibility index (Phi) is 4.19. The molecule has 2 aromatic rings. The van der Waals surface area contributed by atoms with E-state index in [1.807, 2.05) is 0 Å². The van der Waals surface area contributed by atoms with Gasteiger partial charge in [-0.2, -0.15) is 10.1 Å². The summed E-state index contributed by atoms with van der Waals surface area (Å²) in [4.78, 5) is 15.5. The maximum Gasteiger partial charge on any atom is 0.338 e. The normalized spacial score (nSPS) is 9.95.